The average molecular weight is 438 g/mol. The van der Waals surface area contributed by atoms with Crippen LogP contribution in [0.2, 0.25) is 5.02 Å². The van der Waals surface area contributed by atoms with Crippen LogP contribution in [0.4, 0.5) is 5.69 Å². The smallest absolute Gasteiger partial charge is 0.165 e. The van der Waals surface area contributed by atoms with Crippen LogP contribution in [0.5, 0.6) is 11.5 Å². The van der Waals surface area contributed by atoms with Crippen LogP contribution in [0.1, 0.15) is 48.1 Å². The highest BCUT2D eigenvalue weighted by Crippen LogP contribution is 2.27. The molecular formula is C26H28ClNO3. The summed E-state index contributed by atoms with van der Waals surface area (Å²) in [5.41, 5.74) is 2.57. The summed E-state index contributed by atoms with van der Waals surface area (Å²) in [5, 5.41) is 4.14. The number of carbonyl (C=O) groups is 1. The van der Waals surface area contributed by atoms with Gasteiger partial charge in [-0.3, -0.25) is 4.79 Å². The van der Waals surface area contributed by atoms with Gasteiger partial charge in [-0.1, -0.05) is 37.1 Å². The highest BCUT2D eigenvalue weighted by molar-refractivity contribution is 6.30. The summed E-state index contributed by atoms with van der Waals surface area (Å²) in [6.45, 7) is 2.84. The molecule has 1 atom stereocenters. The lowest BCUT2D eigenvalue weighted by Gasteiger charge is -2.21. The zero-order chi connectivity index (χ0) is 22.1. The fourth-order valence-electron chi connectivity index (χ4n) is 3.21. The van der Waals surface area contributed by atoms with Crippen molar-refractivity contribution in [1.82, 2.24) is 0 Å². The molecule has 0 bridgehead atoms. The molecule has 31 heavy (non-hydrogen) atoms. The van der Waals surface area contributed by atoms with Gasteiger partial charge in [0.1, 0.15) is 11.5 Å². The number of Topliss-reactive ketones (excluding diaryl/α,β-unsaturated/α-hetero) is 1. The largest absolute Gasteiger partial charge is 0.497 e. The van der Waals surface area contributed by atoms with Gasteiger partial charge in [0, 0.05) is 22.7 Å². The van der Waals surface area contributed by atoms with E-state index in [1.807, 2.05) is 48.5 Å². The van der Waals surface area contributed by atoms with Crippen LogP contribution in [-0.4, -0.2) is 19.5 Å². The molecule has 0 amide bonds. The molecule has 3 rings (SSSR count). The maximum absolute atomic E-state index is 13.0. The van der Waals surface area contributed by atoms with Crippen molar-refractivity contribution in [2.24, 2.45) is 0 Å². The summed E-state index contributed by atoms with van der Waals surface area (Å²) in [6.07, 6.45) is 2.43. The number of nitrogens with one attached hydrogen (secondary N) is 1. The van der Waals surface area contributed by atoms with Crippen LogP contribution in [0.15, 0.2) is 72.8 Å². The lowest BCUT2D eigenvalue weighted by Crippen LogP contribution is -2.16. The van der Waals surface area contributed by atoms with Gasteiger partial charge < -0.3 is 14.8 Å². The first-order valence-electron chi connectivity index (χ1n) is 10.5. The van der Waals surface area contributed by atoms with Gasteiger partial charge in [-0.05, 0) is 72.6 Å². The van der Waals surface area contributed by atoms with Gasteiger partial charge in [-0.25, -0.2) is 0 Å². The van der Waals surface area contributed by atoms with E-state index < -0.39 is 0 Å². The number of carbonyl (C=O) groups excluding carboxylic acids is 1. The Labute approximate surface area is 189 Å². The van der Waals surface area contributed by atoms with E-state index in [2.05, 4.69) is 12.2 Å². The van der Waals surface area contributed by atoms with E-state index in [9.17, 15) is 4.79 Å². The van der Waals surface area contributed by atoms with Crippen LogP contribution in [0.25, 0.3) is 0 Å². The van der Waals surface area contributed by atoms with Crippen molar-refractivity contribution >= 4 is 23.1 Å². The van der Waals surface area contributed by atoms with Gasteiger partial charge in [0.15, 0.2) is 5.78 Å². The third-order valence-electron chi connectivity index (χ3n) is 5.04. The molecule has 0 saturated heterocycles. The minimum Gasteiger partial charge on any atom is -0.497 e. The second-order valence-corrected chi connectivity index (χ2v) is 7.77. The first-order chi connectivity index (χ1) is 15.1. The lowest BCUT2D eigenvalue weighted by atomic mass is 9.97. The second-order valence-electron chi connectivity index (χ2n) is 7.33. The molecule has 0 fully saturated rings. The fourth-order valence-corrected chi connectivity index (χ4v) is 3.34. The number of hydrogen-bond acceptors (Lipinski definition) is 4. The molecule has 0 saturated carbocycles. The van der Waals surface area contributed by atoms with Crippen LogP contribution >= 0.6 is 11.6 Å². The second kappa shape index (κ2) is 11.4. The van der Waals surface area contributed by atoms with Gasteiger partial charge >= 0.3 is 0 Å². The SMILES string of the molecule is CCCCOc1ccc([C@H](CC(=O)c2ccc(OC)cc2)Nc2ccc(Cl)cc2)cc1. The summed E-state index contributed by atoms with van der Waals surface area (Å²) in [6, 6.07) is 22.4. The summed E-state index contributed by atoms with van der Waals surface area (Å²) < 4.78 is 11.0. The highest BCUT2D eigenvalue weighted by Gasteiger charge is 2.18. The Bertz CT molecular complexity index is 953. The zero-order valence-electron chi connectivity index (χ0n) is 17.9. The standard InChI is InChI=1S/C26H28ClNO3/c1-3-4-17-31-24-15-5-19(6-16-24)25(28-22-11-9-21(27)10-12-22)18-26(29)20-7-13-23(30-2)14-8-20/h5-16,25,28H,3-4,17-18H2,1-2H3/t25-/m0/s1. The summed E-state index contributed by atoms with van der Waals surface area (Å²) in [4.78, 5) is 13.0. The molecular weight excluding hydrogens is 410 g/mol. The van der Waals surface area contributed by atoms with Gasteiger partial charge in [0.05, 0.1) is 19.8 Å². The number of benzene rings is 3. The Morgan fingerprint density at radius 3 is 2.19 bits per heavy atom. The van der Waals surface area contributed by atoms with E-state index in [4.69, 9.17) is 21.1 Å². The molecule has 3 aromatic rings. The number of ether oxygens (including phenoxy) is 2. The van der Waals surface area contributed by atoms with Gasteiger partial charge in [0.2, 0.25) is 0 Å². The summed E-state index contributed by atoms with van der Waals surface area (Å²) >= 11 is 6.02. The number of unbranched alkanes of at least 4 members (excludes halogenated alkanes) is 1. The van der Waals surface area contributed by atoms with Gasteiger partial charge in [-0.15, -0.1) is 0 Å². The maximum atomic E-state index is 13.0. The number of halogens is 1. The predicted octanol–water partition coefficient (Wildman–Crippen LogP) is 6.95. The van der Waals surface area contributed by atoms with Crippen molar-refractivity contribution < 1.29 is 14.3 Å². The molecule has 0 aromatic heterocycles. The van der Waals surface area contributed by atoms with Crippen LogP contribution in [-0.2, 0) is 0 Å². The van der Waals surface area contributed by atoms with Crippen molar-refractivity contribution in [2.75, 3.05) is 19.0 Å². The predicted molar refractivity (Wildman–Crippen MR) is 127 cm³/mol. The molecule has 0 heterocycles. The number of methoxy groups -OCH3 is 1. The minimum absolute atomic E-state index is 0.0531. The third-order valence-corrected chi connectivity index (χ3v) is 5.29. The molecule has 5 heteroatoms. The maximum Gasteiger partial charge on any atom is 0.165 e. The number of ketones is 1. The zero-order valence-corrected chi connectivity index (χ0v) is 18.7. The van der Waals surface area contributed by atoms with Crippen molar-refractivity contribution in [3.8, 4) is 11.5 Å². The van der Waals surface area contributed by atoms with Crippen LogP contribution in [0.3, 0.4) is 0 Å². The Kier molecular flexibility index (Phi) is 8.36. The molecule has 0 spiro atoms. The molecule has 0 radical (unpaired) electrons. The van der Waals surface area contributed by atoms with Gasteiger partial charge in [0.25, 0.3) is 0 Å². The summed E-state index contributed by atoms with van der Waals surface area (Å²) in [5.74, 6) is 1.62. The topological polar surface area (TPSA) is 47.6 Å². The highest BCUT2D eigenvalue weighted by atomic mass is 35.5. The fraction of sp³-hybridized carbons (Fsp3) is 0.269. The normalized spacial score (nSPS) is 11.6. The van der Waals surface area contributed by atoms with E-state index >= 15 is 0 Å². The molecule has 3 aromatic carbocycles. The first kappa shape index (κ1) is 22.7. The molecule has 0 aliphatic rings. The van der Waals surface area contributed by atoms with Crippen LogP contribution in [0, 0.1) is 0 Å². The Hall–Kier alpha value is -2.98. The first-order valence-corrected chi connectivity index (χ1v) is 10.9. The van der Waals surface area contributed by atoms with Crippen molar-refractivity contribution in [3.63, 3.8) is 0 Å². The molecule has 162 valence electrons. The molecule has 1 N–H and O–H groups in total. The average Bonchev–Trinajstić information content (AvgIpc) is 2.80. The van der Waals surface area contributed by atoms with E-state index in [-0.39, 0.29) is 11.8 Å². The number of rotatable bonds is 11. The van der Waals surface area contributed by atoms with E-state index in [1.54, 1.807) is 31.4 Å². The Balaban J connectivity index is 1.78. The molecule has 4 nitrogen and oxygen atoms in total. The van der Waals surface area contributed by atoms with Gasteiger partial charge in [-0.2, -0.15) is 0 Å². The quantitative estimate of drug-likeness (QED) is 0.260. The molecule has 0 aliphatic heterocycles. The van der Waals surface area contributed by atoms with E-state index in [1.165, 1.54) is 0 Å². The number of anilines is 1. The van der Waals surface area contributed by atoms with Crippen molar-refractivity contribution in [2.45, 2.75) is 32.2 Å². The lowest BCUT2D eigenvalue weighted by molar-refractivity contribution is 0.0976. The molecule has 0 unspecified atom stereocenters. The number of hydrogen-bond donors (Lipinski definition) is 1. The monoisotopic (exact) mass is 437 g/mol. The Morgan fingerprint density at radius 2 is 1.58 bits per heavy atom. The van der Waals surface area contributed by atoms with E-state index in [0.717, 1.165) is 35.6 Å². The van der Waals surface area contributed by atoms with Crippen molar-refractivity contribution in [3.05, 3.63) is 88.9 Å². The van der Waals surface area contributed by atoms with E-state index in [0.29, 0.717) is 23.6 Å². The van der Waals surface area contributed by atoms with Crippen molar-refractivity contribution in [1.29, 1.82) is 0 Å². The third kappa shape index (κ3) is 6.76. The Morgan fingerprint density at radius 1 is 0.935 bits per heavy atom. The summed E-state index contributed by atoms with van der Waals surface area (Å²) in [7, 11) is 1.61. The minimum atomic E-state index is -0.194. The molecule has 0 aliphatic carbocycles. The van der Waals surface area contributed by atoms with Crippen LogP contribution < -0.4 is 14.8 Å².